The second kappa shape index (κ2) is 8.37. The van der Waals surface area contributed by atoms with Crippen LogP contribution < -0.4 is 5.32 Å². The predicted octanol–water partition coefficient (Wildman–Crippen LogP) is 4.64. The molecule has 0 aliphatic carbocycles. The average Bonchev–Trinajstić information content (AvgIpc) is 2.55. The monoisotopic (exact) mass is 379 g/mol. The van der Waals surface area contributed by atoms with E-state index in [-0.39, 0.29) is 29.1 Å². The smallest absolute Gasteiger partial charge is 0.340 e. The van der Waals surface area contributed by atoms with Crippen molar-refractivity contribution in [2.45, 2.75) is 26.8 Å². The number of amides is 1. The van der Waals surface area contributed by atoms with Crippen LogP contribution >= 0.6 is 23.2 Å². The fourth-order valence-electron chi connectivity index (χ4n) is 2.26. The number of ether oxygens (including phenoxy) is 1. The van der Waals surface area contributed by atoms with Gasteiger partial charge in [-0.15, -0.1) is 0 Å². The Morgan fingerprint density at radius 1 is 1.08 bits per heavy atom. The number of halogens is 2. The van der Waals surface area contributed by atoms with Crippen LogP contribution in [0.4, 0.5) is 0 Å². The lowest BCUT2D eigenvalue weighted by molar-refractivity contribution is -0.124. The normalized spacial score (nSPS) is 11.7. The summed E-state index contributed by atoms with van der Waals surface area (Å²) >= 11 is 11.7. The number of carbonyl (C=O) groups excluding carboxylic acids is 2. The number of nitrogens with one attached hydrogen (secondary N) is 1. The van der Waals surface area contributed by atoms with Crippen molar-refractivity contribution >= 4 is 35.1 Å². The molecule has 4 nitrogen and oxygen atoms in total. The average molecular weight is 380 g/mol. The molecule has 2 rings (SSSR count). The topological polar surface area (TPSA) is 55.4 Å². The van der Waals surface area contributed by atoms with Gasteiger partial charge < -0.3 is 10.1 Å². The van der Waals surface area contributed by atoms with E-state index < -0.39 is 5.97 Å². The van der Waals surface area contributed by atoms with Crippen LogP contribution in [0, 0.1) is 13.8 Å². The summed E-state index contributed by atoms with van der Waals surface area (Å²) in [5, 5.41) is 3.40. The quantitative estimate of drug-likeness (QED) is 0.769. The minimum absolute atomic E-state index is 0.168. The van der Waals surface area contributed by atoms with Gasteiger partial charge in [-0.1, -0.05) is 41.4 Å². The zero-order valence-corrected chi connectivity index (χ0v) is 15.7. The Morgan fingerprint density at radius 3 is 2.44 bits per heavy atom. The molecule has 0 aliphatic heterocycles. The molecule has 0 saturated carbocycles. The zero-order valence-electron chi connectivity index (χ0n) is 14.2. The SMILES string of the molecule is Cc1ccc([C@@H](C)NC(=O)COC(=O)c2ccc(Cl)cc2Cl)cc1C. The van der Waals surface area contributed by atoms with Crippen molar-refractivity contribution in [2.75, 3.05) is 6.61 Å². The first-order valence-electron chi connectivity index (χ1n) is 7.76. The minimum Gasteiger partial charge on any atom is -0.452 e. The Labute approximate surface area is 157 Å². The minimum atomic E-state index is -0.671. The van der Waals surface area contributed by atoms with Crippen LogP contribution in [-0.2, 0) is 9.53 Å². The lowest BCUT2D eigenvalue weighted by Gasteiger charge is -2.16. The first-order valence-corrected chi connectivity index (χ1v) is 8.52. The highest BCUT2D eigenvalue weighted by Crippen LogP contribution is 2.21. The van der Waals surface area contributed by atoms with Gasteiger partial charge in [0.15, 0.2) is 6.61 Å². The van der Waals surface area contributed by atoms with Crippen molar-refractivity contribution in [3.05, 3.63) is 68.7 Å². The maximum atomic E-state index is 12.0. The number of rotatable bonds is 5. The van der Waals surface area contributed by atoms with Gasteiger partial charge in [0.25, 0.3) is 5.91 Å². The van der Waals surface area contributed by atoms with Crippen LogP contribution in [0.3, 0.4) is 0 Å². The predicted molar refractivity (Wildman–Crippen MR) is 99.2 cm³/mol. The van der Waals surface area contributed by atoms with Gasteiger partial charge in [0, 0.05) is 5.02 Å². The van der Waals surface area contributed by atoms with Gasteiger partial charge in [0.05, 0.1) is 16.6 Å². The van der Waals surface area contributed by atoms with Crippen LogP contribution in [0.2, 0.25) is 10.0 Å². The van der Waals surface area contributed by atoms with Gasteiger partial charge in [-0.25, -0.2) is 4.79 Å². The summed E-state index contributed by atoms with van der Waals surface area (Å²) in [6.45, 7) is 5.54. The molecule has 0 bridgehead atoms. The van der Waals surface area contributed by atoms with Gasteiger partial charge in [-0.05, 0) is 55.7 Å². The number of benzene rings is 2. The molecule has 0 unspecified atom stereocenters. The van der Waals surface area contributed by atoms with Gasteiger partial charge in [-0.2, -0.15) is 0 Å². The zero-order chi connectivity index (χ0) is 18.6. The summed E-state index contributed by atoms with van der Waals surface area (Å²) in [5.41, 5.74) is 3.50. The Bertz CT molecular complexity index is 805. The van der Waals surface area contributed by atoms with Gasteiger partial charge in [0.2, 0.25) is 0 Å². The summed E-state index contributed by atoms with van der Waals surface area (Å²) < 4.78 is 5.01. The third kappa shape index (κ3) is 5.21. The van der Waals surface area contributed by atoms with Gasteiger partial charge >= 0.3 is 5.97 Å². The maximum Gasteiger partial charge on any atom is 0.340 e. The van der Waals surface area contributed by atoms with E-state index in [1.54, 1.807) is 0 Å². The van der Waals surface area contributed by atoms with E-state index in [2.05, 4.69) is 5.32 Å². The van der Waals surface area contributed by atoms with E-state index in [0.717, 1.165) is 11.1 Å². The molecule has 2 aromatic rings. The summed E-state index contributed by atoms with van der Waals surface area (Å²) in [5.74, 6) is -1.06. The first-order chi connectivity index (χ1) is 11.8. The van der Waals surface area contributed by atoms with Crippen LogP contribution in [-0.4, -0.2) is 18.5 Å². The van der Waals surface area contributed by atoms with E-state index in [0.29, 0.717) is 5.02 Å². The van der Waals surface area contributed by atoms with Gasteiger partial charge in [-0.3, -0.25) is 4.79 Å². The summed E-state index contributed by atoms with van der Waals surface area (Å²) in [6, 6.07) is 10.3. The van der Waals surface area contributed by atoms with Crippen LogP contribution in [0.1, 0.15) is 40.0 Å². The second-order valence-electron chi connectivity index (χ2n) is 5.83. The van der Waals surface area contributed by atoms with Crippen molar-refractivity contribution in [3.8, 4) is 0 Å². The lowest BCUT2D eigenvalue weighted by Crippen LogP contribution is -2.31. The van der Waals surface area contributed by atoms with E-state index >= 15 is 0 Å². The van der Waals surface area contributed by atoms with Crippen molar-refractivity contribution in [1.29, 1.82) is 0 Å². The third-order valence-corrected chi connectivity index (χ3v) is 4.44. The molecule has 0 radical (unpaired) electrons. The van der Waals surface area contributed by atoms with Crippen molar-refractivity contribution in [2.24, 2.45) is 0 Å². The molecular formula is C19H19Cl2NO3. The lowest BCUT2D eigenvalue weighted by atomic mass is 10.0. The molecule has 1 N–H and O–H groups in total. The molecule has 0 spiro atoms. The van der Waals surface area contributed by atoms with E-state index in [4.69, 9.17) is 27.9 Å². The van der Waals surface area contributed by atoms with Crippen molar-refractivity contribution in [3.63, 3.8) is 0 Å². The van der Waals surface area contributed by atoms with E-state index in [9.17, 15) is 9.59 Å². The molecule has 1 atom stereocenters. The highest BCUT2D eigenvalue weighted by Gasteiger charge is 2.15. The van der Waals surface area contributed by atoms with Crippen molar-refractivity contribution in [1.82, 2.24) is 5.32 Å². The summed E-state index contributed by atoms with van der Waals surface area (Å²) in [7, 11) is 0. The standard InChI is InChI=1S/C19H19Cl2NO3/c1-11-4-5-14(8-12(11)2)13(3)22-18(23)10-25-19(24)16-7-6-15(20)9-17(16)21/h4-9,13H,10H2,1-3H3,(H,22,23)/t13-/m1/s1. The Morgan fingerprint density at radius 2 is 1.80 bits per heavy atom. The highest BCUT2D eigenvalue weighted by atomic mass is 35.5. The molecule has 0 saturated heterocycles. The number of hydrogen-bond donors (Lipinski definition) is 1. The Kier molecular flexibility index (Phi) is 6.45. The van der Waals surface area contributed by atoms with Crippen LogP contribution in [0.15, 0.2) is 36.4 Å². The third-order valence-electron chi connectivity index (χ3n) is 3.89. The molecule has 132 valence electrons. The van der Waals surface area contributed by atoms with E-state index in [1.807, 2.05) is 39.0 Å². The van der Waals surface area contributed by atoms with Crippen LogP contribution in [0.25, 0.3) is 0 Å². The number of hydrogen-bond acceptors (Lipinski definition) is 3. The van der Waals surface area contributed by atoms with Gasteiger partial charge in [0.1, 0.15) is 0 Å². The summed E-state index contributed by atoms with van der Waals surface area (Å²) in [4.78, 5) is 24.0. The number of carbonyl (C=O) groups is 2. The highest BCUT2D eigenvalue weighted by molar-refractivity contribution is 6.36. The molecule has 0 aromatic heterocycles. The Hall–Kier alpha value is -2.04. The molecular weight excluding hydrogens is 361 g/mol. The maximum absolute atomic E-state index is 12.0. The largest absolute Gasteiger partial charge is 0.452 e. The molecule has 0 fully saturated rings. The fraction of sp³-hybridized carbons (Fsp3) is 0.263. The molecule has 6 heteroatoms. The number of aryl methyl sites for hydroxylation is 2. The molecule has 1 amide bonds. The summed E-state index contributed by atoms with van der Waals surface area (Å²) in [6.07, 6.45) is 0. The van der Waals surface area contributed by atoms with Crippen LogP contribution in [0.5, 0.6) is 0 Å². The molecule has 2 aromatic carbocycles. The number of esters is 1. The van der Waals surface area contributed by atoms with Crippen molar-refractivity contribution < 1.29 is 14.3 Å². The Balaban J connectivity index is 1.91. The molecule has 0 aliphatic rings. The molecule has 0 heterocycles. The van der Waals surface area contributed by atoms with E-state index in [1.165, 1.54) is 23.8 Å². The first kappa shape index (κ1) is 19.3. The second-order valence-corrected chi connectivity index (χ2v) is 6.68. The molecule has 25 heavy (non-hydrogen) atoms. The fourth-order valence-corrected chi connectivity index (χ4v) is 2.75.